The van der Waals surface area contributed by atoms with Gasteiger partial charge in [0.05, 0.1) is 23.1 Å². The predicted octanol–water partition coefficient (Wildman–Crippen LogP) is 7.50. The Labute approximate surface area is 288 Å². The van der Waals surface area contributed by atoms with E-state index in [2.05, 4.69) is 45.5 Å². The highest BCUT2D eigenvalue weighted by Gasteiger charge is 2.24. The number of hydrogen-bond acceptors (Lipinski definition) is 8. The number of aryl methyl sites for hydroxylation is 1. The van der Waals surface area contributed by atoms with E-state index in [9.17, 15) is 9.59 Å². The van der Waals surface area contributed by atoms with Gasteiger partial charge >= 0.3 is 6.09 Å². The molecule has 15 heteroatoms. The van der Waals surface area contributed by atoms with Gasteiger partial charge in [-0.05, 0) is 50.4 Å². The molecule has 1 saturated heterocycles. The number of carbonyl (C=O) groups excluding carboxylic acids is 1. The first-order valence-electron chi connectivity index (χ1n) is 16.2. The average molecular weight is 706 g/mol. The summed E-state index contributed by atoms with van der Waals surface area (Å²) in [6, 6.07) is 11.2. The fourth-order valence-corrected chi connectivity index (χ4v) is 7.24. The van der Waals surface area contributed by atoms with Crippen molar-refractivity contribution in [2.75, 3.05) is 18.5 Å². The van der Waals surface area contributed by atoms with Crippen LogP contribution in [0.1, 0.15) is 47.2 Å². The topological polar surface area (TPSA) is 145 Å². The molecule has 0 saturated carbocycles. The van der Waals surface area contributed by atoms with Crippen LogP contribution in [-0.2, 0) is 22.7 Å². The van der Waals surface area contributed by atoms with Crippen molar-refractivity contribution in [3.8, 4) is 21.8 Å². The minimum Gasteiger partial charge on any atom is -0.465 e. The molecule has 1 fully saturated rings. The SMILES string of the molecule is Cc1cc(-c2nc(C(=O)Nc3cc4c(cnn4COCC[Si](C)(C)C)cc3-c3cccc(CNC(=O)O)c3F)cs2)n(C2CCCCO2)n1. The molecule has 12 nitrogen and oxygen atoms in total. The lowest BCUT2D eigenvalue weighted by molar-refractivity contribution is -0.0385. The number of rotatable bonds is 12. The van der Waals surface area contributed by atoms with Gasteiger partial charge in [0.15, 0.2) is 6.23 Å². The van der Waals surface area contributed by atoms with Crippen LogP contribution >= 0.6 is 11.3 Å². The quantitative estimate of drug-likeness (QED) is 0.0894. The van der Waals surface area contributed by atoms with Gasteiger partial charge in [0.2, 0.25) is 0 Å². The van der Waals surface area contributed by atoms with Crippen LogP contribution < -0.4 is 10.6 Å². The summed E-state index contributed by atoms with van der Waals surface area (Å²) < 4.78 is 31.4. The molecule has 3 aromatic heterocycles. The standard InChI is InChI=1S/C34H40FN7O5SSi/c1-21-14-29(42(40-21)30-10-5-6-11-47-30)33-39-27(19-48-33)32(43)38-26-16-28-23(18-37-41(28)20-46-12-13-49(2,3)4)15-25(26)24-9-7-8-22(31(24)35)17-36-34(44)45/h7-9,14-16,18-19,30,36H,5-6,10-13,17,20H2,1-4H3,(H,38,43)(H,44,45). The molecule has 0 bridgehead atoms. The fraction of sp³-hybridized carbons (Fsp3) is 0.382. The van der Waals surface area contributed by atoms with Gasteiger partial charge in [-0.3, -0.25) is 4.79 Å². The molecular weight excluding hydrogens is 666 g/mol. The van der Waals surface area contributed by atoms with E-state index in [1.807, 2.05) is 17.7 Å². The van der Waals surface area contributed by atoms with Crippen LogP contribution in [0.4, 0.5) is 14.9 Å². The number of fused-ring (bicyclic) bond motifs is 1. The van der Waals surface area contributed by atoms with E-state index >= 15 is 4.39 Å². The number of amides is 2. The number of carbonyl (C=O) groups is 2. The van der Waals surface area contributed by atoms with Gasteiger partial charge in [-0.2, -0.15) is 10.2 Å². The number of carboxylic acid groups (broad SMARTS) is 1. The molecule has 258 valence electrons. The van der Waals surface area contributed by atoms with Crippen LogP contribution in [0.15, 0.2) is 48.0 Å². The third-order valence-electron chi connectivity index (χ3n) is 8.28. The summed E-state index contributed by atoms with van der Waals surface area (Å²) in [7, 11) is -1.28. The van der Waals surface area contributed by atoms with E-state index < -0.39 is 25.9 Å². The Morgan fingerprint density at radius 2 is 2.02 bits per heavy atom. The Bertz CT molecular complexity index is 1980. The zero-order chi connectivity index (χ0) is 34.7. The van der Waals surface area contributed by atoms with Gasteiger partial charge in [0.25, 0.3) is 5.91 Å². The second-order valence-corrected chi connectivity index (χ2v) is 19.8. The Hall–Kier alpha value is -4.44. The molecular formula is C34H40FN7O5SSi. The number of anilines is 1. The Balaban J connectivity index is 1.33. The highest BCUT2D eigenvalue weighted by molar-refractivity contribution is 7.13. The summed E-state index contributed by atoms with van der Waals surface area (Å²) in [6.45, 7) is 10.1. The minimum absolute atomic E-state index is 0.168. The third-order valence-corrected chi connectivity index (χ3v) is 10.8. The van der Waals surface area contributed by atoms with E-state index in [-0.39, 0.29) is 36.3 Å². The molecule has 1 unspecified atom stereocenters. The maximum absolute atomic E-state index is 15.9. The average Bonchev–Trinajstić information content (AvgIpc) is 3.81. The first-order chi connectivity index (χ1) is 23.5. The minimum atomic E-state index is -1.28. The lowest BCUT2D eigenvalue weighted by atomic mass is 9.98. The van der Waals surface area contributed by atoms with E-state index in [0.29, 0.717) is 35.0 Å². The molecule has 1 aliphatic rings. The zero-order valence-corrected chi connectivity index (χ0v) is 29.8. The molecule has 3 N–H and O–H groups in total. The lowest BCUT2D eigenvalue weighted by Gasteiger charge is -2.24. The van der Waals surface area contributed by atoms with Gasteiger partial charge in [-0.25, -0.2) is 23.5 Å². The highest BCUT2D eigenvalue weighted by Crippen LogP contribution is 2.36. The van der Waals surface area contributed by atoms with E-state index in [4.69, 9.17) is 14.6 Å². The van der Waals surface area contributed by atoms with Gasteiger partial charge in [-0.1, -0.05) is 37.8 Å². The van der Waals surface area contributed by atoms with Crippen molar-refractivity contribution in [3.05, 3.63) is 70.7 Å². The number of thiazole rings is 1. The summed E-state index contributed by atoms with van der Waals surface area (Å²) in [4.78, 5) is 29.6. The maximum Gasteiger partial charge on any atom is 0.404 e. The molecule has 0 spiro atoms. The number of benzene rings is 2. The van der Waals surface area contributed by atoms with Crippen molar-refractivity contribution in [2.24, 2.45) is 0 Å². The zero-order valence-electron chi connectivity index (χ0n) is 28.0. The highest BCUT2D eigenvalue weighted by atomic mass is 32.1. The van der Waals surface area contributed by atoms with Crippen molar-refractivity contribution >= 4 is 48.0 Å². The van der Waals surface area contributed by atoms with E-state index in [0.717, 1.165) is 42.1 Å². The van der Waals surface area contributed by atoms with Crippen molar-refractivity contribution in [3.63, 3.8) is 0 Å². The molecule has 49 heavy (non-hydrogen) atoms. The Morgan fingerprint density at radius 1 is 1.18 bits per heavy atom. The third kappa shape index (κ3) is 8.07. The first-order valence-corrected chi connectivity index (χ1v) is 20.8. The molecule has 6 rings (SSSR count). The second kappa shape index (κ2) is 14.6. The number of aromatic nitrogens is 5. The molecule has 1 atom stereocenters. The molecule has 0 radical (unpaired) electrons. The molecule has 0 aliphatic carbocycles. The summed E-state index contributed by atoms with van der Waals surface area (Å²) in [6.07, 6.45) is 3.14. The van der Waals surface area contributed by atoms with Crippen LogP contribution in [0.25, 0.3) is 32.7 Å². The summed E-state index contributed by atoms with van der Waals surface area (Å²) in [5, 5.41) is 26.5. The second-order valence-electron chi connectivity index (χ2n) is 13.3. The normalized spacial score (nSPS) is 15.1. The van der Waals surface area contributed by atoms with E-state index in [1.54, 1.807) is 40.5 Å². The molecule has 4 heterocycles. The van der Waals surface area contributed by atoms with Crippen molar-refractivity contribution < 1.29 is 28.6 Å². The Morgan fingerprint density at radius 3 is 2.78 bits per heavy atom. The van der Waals surface area contributed by atoms with E-state index in [1.165, 1.54) is 17.4 Å². The first kappa shape index (κ1) is 34.4. The van der Waals surface area contributed by atoms with Crippen LogP contribution in [-0.4, -0.2) is 62.9 Å². The van der Waals surface area contributed by atoms with Gasteiger partial charge in [-0.15, -0.1) is 11.3 Å². The van der Waals surface area contributed by atoms with Gasteiger partial charge in [0.1, 0.15) is 28.9 Å². The van der Waals surface area contributed by atoms with Crippen LogP contribution in [0.2, 0.25) is 25.7 Å². The number of ether oxygens (including phenoxy) is 2. The molecule has 5 aromatic rings. The van der Waals surface area contributed by atoms with Gasteiger partial charge < -0.3 is 25.2 Å². The lowest BCUT2D eigenvalue weighted by Crippen LogP contribution is -2.22. The number of nitrogens with zero attached hydrogens (tertiary/aromatic N) is 5. The summed E-state index contributed by atoms with van der Waals surface area (Å²) in [5.41, 5.74) is 3.62. The van der Waals surface area contributed by atoms with Crippen LogP contribution in [0.3, 0.4) is 0 Å². The number of hydrogen-bond donors (Lipinski definition) is 3. The van der Waals surface area contributed by atoms with Crippen LogP contribution in [0.5, 0.6) is 0 Å². The fourth-order valence-electron chi connectivity index (χ4n) is 5.67. The largest absolute Gasteiger partial charge is 0.465 e. The molecule has 2 amide bonds. The Kier molecular flexibility index (Phi) is 10.2. The number of halogens is 1. The van der Waals surface area contributed by atoms with Crippen molar-refractivity contribution in [2.45, 2.75) is 71.4 Å². The summed E-state index contributed by atoms with van der Waals surface area (Å²) in [5.74, 6) is -1.07. The smallest absolute Gasteiger partial charge is 0.404 e. The monoisotopic (exact) mass is 705 g/mol. The predicted molar refractivity (Wildman–Crippen MR) is 189 cm³/mol. The molecule has 2 aromatic carbocycles. The van der Waals surface area contributed by atoms with Gasteiger partial charge in [0, 0.05) is 55.3 Å². The van der Waals surface area contributed by atoms with Crippen LogP contribution in [0, 0.1) is 12.7 Å². The van der Waals surface area contributed by atoms with Crippen molar-refractivity contribution in [1.82, 2.24) is 29.9 Å². The van der Waals surface area contributed by atoms with Crippen molar-refractivity contribution in [1.29, 1.82) is 0 Å². The molecule has 1 aliphatic heterocycles. The number of nitrogens with one attached hydrogen (secondary N) is 2. The maximum atomic E-state index is 15.9. The summed E-state index contributed by atoms with van der Waals surface area (Å²) >= 11 is 1.33.